The van der Waals surface area contributed by atoms with E-state index in [1.165, 1.54) is 35.6 Å². The average molecular weight is 421 g/mol. The van der Waals surface area contributed by atoms with E-state index in [0.29, 0.717) is 23.5 Å². The first-order valence-electron chi connectivity index (χ1n) is 8.39. The maximum atomic E-state index is 12.6. The van der Waals surface area contributed by atoms with Crippen molar-refractivity contribution in [1.82, 2.24) is 4.57 Å². The summed E-state index contributed by atoms with van der Waals surface area (Å²) in [5.74, 6) is 0.284. The van der Waals surface area contributed by atoms with E-state index in [4.69, 9.17) is 9.47 Å². The zero-order chi connectivity index (χ0) is 20.3. The molecule has 3 rings (SSSR count). The lowest BCUT2D eigenvalue weighted by atomic mass is 10.2. The van der Waals surface area contributed by atoms with Gasteiger partial charge in [0.05, 0.1) is 28.8 Å². The number of aromatic nitrogens is 1. The lowest BCUT2D eigenvalue weighted by Gasteiger charge is -2.05. The molecule has 148 valence electrons. The lowest BCUT2D eigenvalue weighted by molar-refractivity contribution is 0.0997. The van der Waals surface area contributed by atoms with Crippen LogP contribution >= 0.6 is 11.3 Å². The van der Waals surface area contributed by atoms with Crippen molar-refractivity contribution in [3.8, 4) is 5.75 Å². The molecule has 0 fully saturated rings. The van der Waals surface area contributed by atoms with Crippen molar-refractivity contribution in [3.05, 3.63) is 52.8 Å². The summed E-state index contributed by atoms with van der Waals surface area (Å²) < 4.78 is 36.4. The molecule has 9 heteroatoms. The Balaban J connectivity index is 2.05. The van der Waals surface area contributed by atoms with E-state index >= 15 is 0 Å². The quantitative estimate of drug-likeness (QED) is 0.612. The Bertz CT molecular complexity index is 1180. The average Bonchev–Trinajstić information content (AvgIpc) is 3.01. The number of carbonyl (C=O) groups excluding carboxylic acids is 1. The van der Waals surface area contributed by atoms with E-state index in [-0.39, 0.29) is 4.90 Å². The molecule has 28 heavy (non-hydrogen) atoms. The van der Waals surface area contributed by atoms with Gasteiger partial charge < -0.3 is 14.0 Å². The molecule has 0 unspecified atom stereocenters. The Kier molecular flexibility index (Phi) is 5.97. The van der Waals surface area contributed by atoms with Crippen molar-refractivity contribution in [2.45, 2.75) is 11.4 Å². The van der Waals surface area contributed by atoms with Crippen LogP contribution in [-0.2, 0) is 21.1 Å². The first-order valence-corrected chi connectivity index (χ1v) is 11.1. The zero-order valence-corrected chi connectivity index (χ0v) is 17.3. The second-order valence-corrected chi connectivity index (χ2v) is 9.10. The number of nitrogens with zero attached hydrogens (tertiary/aromatic N) is 2. The predicted octanol–water partition coefficient (Wildman–Crippen LogP) is 2.50. The van der Waals surface area contributed by atoms with Gasteiger partial charge in [0, 0.05) is 25.5 Å². The van der Waals surface area contributed by atoms with Crippen LogP contribution in [0.5, 0.6) is 5.75 Å². The SMILES string of the molecule is COCCn1c(=NC(=O)c2ccc(S(C)(=O)=O)cc2)sc2cc(OC)ccc21. The molecule has 3 aromatic rings. The van der Waals surface area contributed by atoms with Gasteiger partial charge in [-0.2, -0.15) is 4.99 Å². The third kappa shape index (κ3) is 4.32. The fourth-order valence-electron chi connectivity index (χ4n) is 2.66. The van der Waals surface area contributed by atoms with Crippen molar-refractivity contribution < 1.29 is 22.7 Å². The first-order chi connectivity index (χ1) is 13.3. The Morgan fingerprint density at radius 1 is 1.14 bits per heavy atom. The third-order valence-corrected chi connectivity index (χ3v) is 6.31. The summed E-state index contributed by atoms with van der Waals surface area (Å²) in [6.45, 7) is 1.02. The molecule has 0 aliphatic rings. The highest BCUT2D eigenvalue weighted by Gasteiger charge is 2.12. The largest absolute Gasteiger partial charge is 0.497 e. The molecular formula is C19H20N2O5S2. The van der Waals surface area contributed by atoms with Gasteiger partial charge in [0.2, 0.25) is 0 Å². The van der Waals surface area contributed by atoms with Crippen LogP contribution in [-0.4, -0.2) is 46.0 Å². The maximum Gasteiger partial charge on any atom is 0.279 e. The van der Waals surface area contributed by atoms with E-state index in [0.717, 1.165) is 22.2 Å². The molecule has 1 amide bonds. The number of ether oxygens (including phenoxy) is 2. The van der Waals surface area contributed by atoms with Gasteiger partial charge in [0.15, 0.2) is 14.6 Å². The smallest absolute Gasteiger partial charge is 0.279 e. The molecule has 1 aromatic heterocycles. The molecule has 0 aliphatic carbocycles. The zero-order valence-electron chi connectivity index (χ0n) is 15.7. The molecule has 0 atom stereocenters. The number of amides is 1. The molecule has 0 N–H and O–H groups in total. The molecular weight excluding hydrogens is 400 g/mol. The van der Waals surface area contributed by atoms with Crippen molar-refractivity contribution >= 4 is 37.3 Å². The van der Waals surface area contributed by atoms with Gasteiger partial charge >= 0.3 is 0 Å². The van der Waals surface area contributed by atoms with Crippen molar-refractivity contribution in [2.75, 3.05) is 27.1 Å². The summed E-state index contributed by atoms with van der Waals surface area (Å²) >= 11 is 1.38. The standard InChI is InChI=1S/C19H20N2O5S2/c1-25-11-10-21-16-9-6-14(26-2)12-17(16)27-19(21)20-18(22)13-4-7-15(8-5-13)28(3,23)24/h4-9,12H,10-11H2,1-3H3. The Morgan fingerprint density at radius 2 is 1.86 bits per heavy atom. The first kappa shape index (κ1) is 20.2. The Labute approximate surface area is 166 Å². The van der Waals surface area contributed by atoms with Gasteiger partial charge in [0.1, 0.15) is 5.75 Å². The highest BCUT2D eigenvalue weighted by atomic mass is 32.2. The highest BCUT2D eigenvalue weighted by molar-refractivity contribution is 7.90. The normalized spacial score (nSPS) is 12.5. The monoisotopic (exact) mass is 420 g/mol. The number of hydrogen-bond acceptors (Lipinski definition) is 6. The summed E-state index contributed by atoms with van der Waals surface area (Å²) in [6.07, 6.45) is 1.12. The van der Waals surface area contributed by atoms with Gasteiger partial charge in [-0.25, -0.2) is 8.42 Å². The van der Waals surface area contributed by atoms with Crippen LogP contribution < -0.4 is 9.54 Å². The molecule has 0 aliphatic heterocycles. The van der Waals surface area contributed by atoms with E-state index in [1.807, 2.05) is 22.8 Å². The molecule has 7 nitrogen and oxygen atoms in total. The Hall–Kier alpha value is -2.49. The summed E-state index contributed by atoms with van der Waals surface area (Å²) in [7, 11) is -0.100. The summed E-state index contributed by atoms with van der Waals surface area (Å²) in [4.78, 5) is 17.6. The van der Waals surface area contributed by atoms with E-state index in [1.54, 1.807) is 14.2 Å². The topological polar surface area (TPSA) is 87.0 Å². The summed E-state index contributed by atoms with van der Waals surface area (Å²) in [5, 5.41) is 0. The number of sulfone groups is 1. The van der Waals surface area contributed by atoms with Gasteiger partial charge in [-0.05, 0) is 42.5 Å². The van der Waals surface area contributed by atoms with Crippen LogP contribution in [0.4, 0.5) is 0 Å². The number of benzene rings is 2. The number of rotatable bonds is 6. The minimum Gasteiger partial charge on any atom is -0.497 e. The third-order valence-electron chi connectivity index (χ3n) is 4.14. The van der Waals surface area contributed by atoms with E-state index < -0.39 is 15.7 Å². The number of fused-ring (bicyclic) bond motifs is 1. The number of hydrogen-bond donors (Lipinski definition) is 0. The summed E-state index contributed by atoms with van der Waals surface area (Å²) in [5.41, 5.74) is 1.25. The van der Waals surface area contributed by atoms with Crippen LogP contribution in [0.2, 0.25) is 0 Å². The van der Waals surface area contributed by atoms with Crippen molar-refractivity contribution in [2.24, 2.45) is 4.99 Å². The Morgan fingerprint density at radius 3 is 2.46 bits per heavy atom. The van der Waals surface area contributed by atoms with Crippen LogP contribution in [0.3, 0.4) is 0 Å². The van der Waals surface area contributed by atoms with Gasteiger partial charge in [-0.3, -0.25) is 4.79 Å². The second-order valence-electron chi connectivity index (χ2n) is 6.08. The van der Waals surface area contributed by atoms with Crippen molar-refractivity contribution in [1.29, 1.82) is 0 Å². The fourth-order valence-corrected chi connectivity index (χ4v) is 4.37. The van der Waals surface area contributed by atoms with Crippen LogP contribution in [0, 0.1) is 0 Å². The molecule has 1 heterocycles. The minimum absolute atomic E-state index is 0.160. The predicted molar refractivity (Wildman–Crippen MR) is 108 cm³/mol. The number of methoxy groups -OCH3 is 2. The van der Waals surface area contributed by atoms with E-state index in [2.05, 4.69) is 4.99 Å². The maximum absolute atomic E-state index is 12.6. The summed E-state index contributed by atoms with van der Waals surface area (Å²) in [6, 6.07) is 11.4. The molecule has 0 bridgehead atoms. The molecule has 0 saturated heterocycles. The molecule has 2 aromatic carbocycles. The highest BCUT2D eigenvalue weighted by Crippen LogP contribution is 2.23. The fraction of sp³-hybridized carbons (Fsp3) is 0.263. The van der Waals surface area contributed by atoms with Crippen molar-refractivity contribution in [3.63, 3.8) is 0 Å². The van der Waals surface area contributed by atoms with Crippen LogP contribution in [0.1, 0.15) is 10.4 Å². The van der Waals surface area contributed by atoms with Gasteiger partial charge in [0.25, 0.3) is 5.91 Å². The van der Waals surface area contributed by atoms with Crippen LogP contribution in [0.15, 0.2) is 52.4 Å². The minimum atomic E-state index is -3.31. The number of thiazole rings is 1. The molecule has 0 spiro atoms. The van der Waals surface area contributed by atoms with Gasteiger partial charge in [-0.15, -0.1) is 0 Å². The van der Waals surface area contributed by atoms with Gasteiger partial charge in [-0.1, -0.05) is 11.3 Å². The second kappa shape index (κ2) is 8.26. The van der Waals surface area contributed by atoms with E-state index in [9.17, 15) is 13.2 Å². The molecule has 0 radical (unpaired) electrons. The molecule has 0 saturated carbocycles. The number of carbonyl (C=O) groups is 1. The van der Waals surface area contributed by atoms with Crippen LogP contribution in [0.25, 0.3) is 10.2 Å². The lowest BCUT2D eigenvalue weighted by Crippen LogP contribution is -2.19.